The molecule has 0 amide bonds. The van der Waals surface area contributed by atoms with Crippen LogP contribution in [-0.4, -0.2) is 30.8 Å². The van der Waals surface area contributed by atoms with E-state index in [4.69, 9.17) is 0 Å². The van der Waals surface area contributed by atoms with Gasteiger partial charge < -0.3 is 9.69 Å². The maximum Gasteiger partial charge on any atom is 0.119 e. The highest BCUT2D eigenvalue weighted by atomic mass is 16.1. The molecule has 0 radical (unpaired) electrons. The zero-order chi connectivity index (χ0) is 23.5. The molecule has 0 rings (SSSR count). The summed E-state index contributed by atoms with van der Waals surface area (Å²) < 4.78 is 0. The summed E-state index contributed by atoms with van der Waals surface area (Å²) in [5.74, 6) is 1.00. The Morgan fingerprint density at radius 1 is 0.500 bits per heavy atom. The second kappa shape index (κ2) is 26.9. The molecule has 0 aromatic rings. The minimum atomic E-state index is 0.742. The number of nitrogens with zero attached hydrogens (tertiary/aromatic N) is 1. The highest BCUT2D eigenvalue weighted by molar-refractivity contribution is 5.48. The van der Waals surface area contributed by atoms with E-state index in [0.29, 0.717) is 0 Å². The number of unbranched alkanes of at least 4 members (excludes halogenated alkanes) is 14. The molecule has 0 aliphatic carbocycles. The van der Waals surface area contributed by atoms with Gasteiger partial charge in [-0.05, 0) is 51.2 Å². The average molecular weight is 452 g/mol. The molecule has 0 heterocycles. The zero-order valence-electron chi connectivity index (χ0n) is 22.7. The van der Waals surface area contributed by atoms with E-state index >= 15 is 0 Å². The van der Waals surface area contributed by atoms with Crippen LogP contribution >= 0.6 is 0 Å². The van der Waals surface area contributed by atoms with Crippen molar-refractivity contribution in [2.75, 3.05) is 19.6 Å². The van der Waals surface area contributed by atoms with Crippen LogP contribution < -0.4 is 0 Å². The van der Waals surface area contributed by atoms with E-state index in [1.54, 1.807) is 0 Å². The standard InChI is InChI=1S/C30H61NO/c1-4-7-9-11-12-18-24-30(23-17-10-8-5-2)25-19-13-14-20-27-31(26-6-3)28-21-15-16-22-29-32/h29-30H,4-28H2,1-3H3. The number of rotatable bonds is 27. The number of aldehydes is 1. The Kier molecular flexibility index (Phi) is 26.6. The second-order valence-corrected chi connectivity index (χ2v) is 10.3. The first-order chi connectivity index (χ1) is 15.8. The van der Waals surface area contributed by atoms with Gasteiger partial charge in [0.2, 0.25) is 0 Å². The Morgan fingerprint density at radius 2 is 0.938 bits per heavy atom. The summed E-state index contributed by atoms with van der Waals surface area (Å²) in [6.07, 6.45) is 31.1. The SMILES string of the molecule is CCCCCCCCC(CCCCCC)CCCCCCN(CCC)CCCCCC=O. The van der Waals surface area contributed by atoms with E-state index in [1.807, 2.05) is 0 Å². The van der Waals surface area contributed by atoms with Gasteiger partial charge >= 0.3 is 0 Å². The molecule has 0 bridgehead atoms. The molecule has 1 unspecified atom stereocenters. The van der Waals surface area contributed by atoms with Crippen molar-refractivity contribution in [3.05, 3.63) is 0 Å². The summed E-state index contributed by atoms with van der Waals surface area (Å²) in [6, 6.07) is 0. The quantitative estimate of drug-likeness (QED) is 0.0914. The van der Waals surface area contributed by atoms with Crippen molar-refractivity contribution in [1.29, 1.82) is 0 Å². The molecule has 0 N–H and O–H groups in total. The largest absolute Gasteiger partial charge is 0.303 e. The topological polar surface area (TPSA) is 20.3 Å². The number of hydrogen-bond acceptors (Lipinski definition) is 2. The summed E-state index contributed by atoms with van der Waals surface area (Å²) in [5, 5.41) is 0. The van der Waals surface area contributed by atoms with Crippen molar-refractivity contribution in [3.63, 3.8) is 0 Å². The number of hydrogen-bond donors (Lipinski definition) is 0. The second-order valence-electron chi connectivity index (χ2n) is 10.3. The van der Waals surface area contributed by atoms with E-state index in [2.05, 4.69) is 25.7 Å². The number of carbonyl (C=O) groups is 1. The molecular weight excluding hydrogens is 390 g/mol. The maximum atomic E-state index is 10.4. The Morgan fingerprint density at radius 3 is 1.44 bits per heavy atom. The first kappa shape index (κ1) is 31.6. The Bertz CT molecular complexity index is 357. The number of carbonyl (C=O) groups excluding carboxylic acids is 1. The fraction of sp³-hybridized carbons (Fsp3) is 0.967. The third-order valence-electron chi connectivity index (χ3n) is 7.10. The van der Waals surface area contributed by atoms with Crippen LogP contribution in [0, 0.1) is 5.92 Å². The van der Waals surface area contributed by atoms with Crippen molar-refractivity contribution in [1.82, 2.24) is 4.90 Å². The smallest absolute Gasteiger partial charge is 0.119 e. The van der Waals surface area contributed by atoms with Crippen LogP contribution in [0.5, 0.6) is 0 Å². The summed E-state index contributed by atoms with van der Waals surface area (Å²) in [6.45, 7) is 10.7. The lowest BCUT2D eigenvalue weighted by Gasteiger charge is -2.21. The van der Waals surface area contributed by atoms with Crippen LogP contribution in [0.1, 0.15) is 162 Å². The zero-order valence-corrected chi connectivity index (χ0v) is 22.7. The van der Waals surface area contributed by atoms with Crippen molar-refractivity contribution in [2.45, 2.75) is 162 Å². The van der Waals surface area contributed by atoms with Crippen LogP contribution in [-0.2, 0) is 4.79 Å². The fourth-order valence-corrected chi connectivity index (χ4v) is 5.02. The third-order valence-corrected chi connectivity index (χ3v) is 7.10. The molecule has 0 aromatic heterocycles. The molecule has 192 valence electrons. The van der Waals surface area contributed by atoms with Gasteiger partial charge in [-0.25, -0.2) is 0 Å². The molecule has 1 atom stereocenters. The van der Waals surface area contributed by atoms with Crippen molar-refractivity contribution < 1.29 is 4.79 Å². The summed E-state index contributed by atoms with van der Waals surface area (Å²) in [4.78, 5) is 13.1. The van der Waals surface area contributed by atoms with Gasteiger partial charge in [0.05, 0.1) is 0 Å². The molecule has 2 heteroatoms. The fourth-order valence-electron chi connectivity index (χ4n) is 5.02. The summed E-state index contributed by atoms with van der Waals surface area (Å²) in [7, 11) is 0. The van der Waals surface area contributed by atoms with Crippen LogP contribution in [0.3, 0.4) is 0 Å². The molecule has 0 fully saturated rings. The van der Waals surface area contributed by atoms with E-state index in [9.17, 15) is 4.79 Å². The predicted molar refractivity (Wildman–Crippen MR) is 145 cm³/mol. The lowest BCUT2D eigenvalue weighted by atomic mass is 9.89. The molecule has 0 saturated heterocycles. The van der Waals surface area contributed by atoms with Gasteiger partial charge in [-0.3, -0.25) is 0 Å². The summed E-state index contributed by atoms with van der Waals surface area (Å²) >= 11 is 0. The first-order valence-corrected chi connectivity index (χ1v) is 14.9. The Hall–Kier alpha value is -0.370. The minimum absolute atomic E-state index is 0.742. The van der Waals surface area contributed by atoms with Crippen molar-refractivity contribution in [3.8, 4) is 0 Å². The lowest BCUT2D eigenvalue weighted by molar-refractivity contribution is -0.107. The highest BCUT2D eigenvalue weighted by Crippen LogP contribution is 2.24. The summed E-state index contributed by atoms with van der Waals surface area (Å²) in [5.41, 5.74) is 0. The highest BCUT2D eigenvalue weighted by Gasteiger charge is 2.09. The Labute approximate surface area is 203 Å². The molecule has 0 aliphatic rings. The van der Waals surface area contributed by atoms with Crippen LogP contribution in [0.15, 0.2) is 0 Å². The van der Waals surface area contributed by atoms with E-state index < -0.39 is 0 Å². The molecule has 0 aliphatic heterocycles. The van der Waals surface area contributed by atoms with E-state index in [1.165, 1.54) is 148 Å². The van der Waals surface area contributed by atoms with Gasteiger partial charge in [0.15, 0.2) is 0 Å². The van der Waals surface area contributed by atoms with E-state index in [-0.39, 0.29) is 0 Å². The van der Waals surface area contributed by atoms with Crippen molar-refractivity contribution >= 4 is 6.29 Å². The first-order valence-electron chi connectivity index (χ1n) is 14.9. The molecule has 32 heavy (non-hydrogen) atoms. The van der Waals surface area contributed by atoms with Gasteiger partial charge in [0.1, 0.15) is 6.29 Å². The maximum absolute atomic E-state index is 10.4. The molecular formula is C30H61NO. The lowest BCUT2D eigenvalue weighted by Crippen LogP contribution is -2.27. The van der Waals surface area contributed by atoms with Crippen molar-refractivity contribution in [2.24, 2.45) is 5.92 Å². The van der Waals surface area contributed by atoms with E-state index in [0.717, 1.165) is 25.0 Å². The van der Waals surface area contributed by atoms with Crippen LogP contribution in [0.2, 0.25) is 0 Å². The van der Waals surface area contributed by atoms with Gasteiger partial charge in [-0.15, -0.1) is 0 Å². The van der Waals surface area contributed by atoms with Crippen LogP contribution in [0.4, 0.5) is 0 Å². The predicted octanol–water partition coefficient (Wildman–Crippen LogP) is 9.75. The Balaban J connectivity index is 3.95. The normalized spacial score (nSPS) is 12.5. The van der Waals surface area contributed by atoms with Gasteiger partial charge in [0, 0.05) is 6.42 Å². The third kappa shape index (κ3) is 22.8. The van der Waals surface area contributed by atoms with Crippen LogP contribution in [0.25, 0.3) is 0 Å². The van der Waals surface area contributed by atoms with Gasteiger partial charge in [-0.2, -0.15) is 0 Å². The molecule has 0 saturated carbocycles. The molecule has 0 aromatic carbocycles. The van der Waals surface area contributed by atoms with Gasteiger partial charge in [-0.1, -0.05) is 130 Å². The van der Waals surface area contributed by atoms with Gasteiger partial charge in [0.25, 0.3) is 0 Å². The molecule has 0 spiro atoms. The molecule has 2 nitrogen and oxygen atoms in total. The minimum Gasteiger partial charge on any atom is -0.303 e. The average Bonchev–Trinajstić information content (AvgIpc) is 2.80. The monoisotopic (exact) mass is 451 g/mol.